The van der Waals surface area contributed by atoms with E-state index in [9.17, 15) is 14.4 Å². The molecule has 0 aliphatic carbocycles. The van der Waals surface area contributed by atoms with Crippen molar-refractivity contribution in [3.63, 3.8) is 0 Å². The lowest BCUT2D eigenvalue weighted by atomic mass is 10.2. The third-order valence-electron chi connectivity index (χ3n) is 3.86. The molecule has 0 aliphatic heterocycles. The predicted molar refractivity (Wildman–Crippen MR) is 96.4 cm³/mol. The molecule has 0 N–H and O–H groups in total. The lowest BCUT2D eigenvalue weighted by Gasteiger charge is -2.13. The van der Waals surface area contributed by atoms with Crippen LogP contribution in [0.15, 0.2) is 70.3 Å². The number of benzene rings is 2. The number of halogens is 1. The minimum atomic E-state index is -0.682. The van der Waals surface area contributed by atoms with Gasteiger partial charge in [-0.25, -0.2) is 9.36 Å². The lowest BCUT2D eigenvalue weighted by Crippen LogP contribution is -2.43. The minimum Gasteiger partial charge on any atom is -0.269 e. The first-order chi connectivity index (χ1) is 12.0. The van der Waals surface area contributed by atoms with Gasteiger partial charge in [-0.2, -0.15) is 0 Å². The van der Waals surface area contributed by atoms with E-state index in [1.165, 1.54) is 6.07 Å². The molecule has 0 radical (unpaired) electrons. The van der Waals surface area contributed by atoms with Crippen molar-refractivity contribution in [3.8, 4) is 0 Å². The highest BCUT2D eigenvalue weighted by Gasteiger charge is 2.18. The number of rotatable bonds is 3. The summed E-state index contributed by atoms with van der Waals surface area (Å²) in [5, 5.41) is 0.250. The van der Waals surface area contributed by atoms with Crippen LogP contribution in [0.5, 0.6) is 0 Å². The van der Waals surface area contributed by atoms with Crippen molar-refractivity contribution < 1.29 is 4.79 Å². The van der Waals surface area contributed by atoms with Gasteiger partial charge in [0.25, 0.3) is 11.5 Å². The van der Waals surface area contributed by atoms with Crippen LogP contribution >= 0.6 is 11.6 Å². The van der Waals surface area contributed by atoms with Crippen LogP contribution in [0.25, 0.3) is 0 Å². The van der Waals surface area contributed by atoms with Crippen LogP contribution in [0.3, 0.4) is 0 Å². The average Bonchev–Trinajstić information content (AvgIpc) is 2.59. The molecule has 0 amide bonds. The number of hydrogen-bond acceptors (Lipinski definition) is 3. The van der Waals surface area contributed by atoms with E-state index in [0.717, 1.165) is 14.7 Å². The molecule has 126 valence electrons. The van der Waals surface area contributed by atoms with Crippen molar-refractivity contribution >= 4 is 17.5 Å². The van der Waals surface area contributed by atoms with Gasteiger partial charge in [-0.1, -0.05) is 54.1 Å². The van der Waals surface area contributed by atoms with Crippen molar-refractivity contribution in [2.24, 2.45) is 0 Å². The van der Waals surface area contributed by atoms with E-state index < -0.39 is 17.2 Å². The third kappa shape index (κ3) is 3.32. The van der Waals surface area contributed by atoms with Gasteiger partial charge in [0.05, 0.1) is 17.1 Å². The average molecular weight is 355 g/mol. The first kappa shape index (κ1) is 16.9. The summed E-state index contributed by atoms with van der Waals surface area (Å²) < 4.78 is 2.02. The van der Waals surface area contributed by atoms with Gasteiger partial charge in [0.1, 0.15) is 0 Å². The van der Waals surface area contributed by atoms with E-state index in [1.807, 2.05) is 30.3 Å². The Labute approximate surface area is 148 Å². The first-order valence-electron chi connectivity index (χ1n) is 7.65. The van der Waals surface area contributed by atoms with Gasteiger partial charge in [-0.15, -0.1) is 0 Å². The summed E-state index contributed by atoms with van der Waals surface area (Å²) in [4.78, 5) is 37.8. The normalized spacial score (nSPS) is 10.6. The number of carbonyl (C=O) groups excluding carboxylic acids is 1. The molecule has 1 aromatic heterocycles. The van der Waals surface area contributed by atoms with E-state index in [0.29, 0.717) is 0 Å². The fourth-order valence-corrected chi connectivity index (χ4v) is 2.82. The van der Waals surface area contributed by atoms with Crippen LogP contribution in [-0.2, 0) is 6.54 Å². The van der Waals surface area contributed by atoms with E-state index >= 15 is 0 Å². The molecule has 0 spiro atoms. The summed E-state index contributed by atoms with van der Waals surface area (Å²) in [6.07, 6.45) is 0. The van der Waals surface area contributed by atoms with Gasteiger partial charge in [0.15, 0.2) is 0 Å². The standard InChI is InChI=1S/C19H15ClN2O3/c1-13-11-17(23)21(12-14-7-3-2-4-8-14)19(25)22(13)18(24)15-9-5-6-10-16(15)20/h2-11H,12H2,1H3. The second-order valence-electron chi connectivity index (χ2n) is 5.60. The van der Waals surface area contributed by atoms with Crippen LogP contribution in [0.4, 0.5) is 0 Å². The van der Waals surface area contributed by atoms with Gasteiger partial charge >= 0.3 is 5.69 Å². The number of hydrogen-bond donors (Lipinski definition) is 0. The molecule has 3 aromatic rings. The molecule has 5 nitrogen and oxygen atoms in total. The van der Waals surface area contributed by atoms with Crippen LogP contribution < -0.4 is 11.2 Å². The summed E-state index contributed by atoms with van der Waals surface area (Å²) in [6.45, 7) is 1.64. The molecule has 1 heterocycles. The number of carbonyl (C=O) groups is 1. The Balaban J connectivity index is 2.14. The fraction of sp³-hybridized carbons (Fsp3) is 0.105. The minimum absolute atomic E-state index is 0.0919. The SMILES string of the molecule is Cc1cc(=O)n(Cc2ccccc2)c(=O)n1C(=O)c1ccccc1Cl. The van der Waals surface area contributed by atoms with Gasteiger partial charge in [-0.3, -0.25) is 14.2 Å². The molecule has 3 rings (SSSR count). The molecule has 0 aliphatic rings. The van der Waals surface area contributed by atoms with Crippen molar-refractivity contribution in [1.82, 2.24) is 9.13 Å². The molecule has 25 heavy (non-hydrogen) atoms. The highest BCUT2D eigenvalue weighted by Crippen LogP contribution is 2.16. The second-order valence-corrected chi connectivity index (χ2v) is 6.01. The summed E-state index contributed by atoms with van der Waals surface area (Å²) in [5.41, 5.74) is 0.138. The van der Waals surface area contributed by atoms with Crippen LogP contribution in [0.2, 0.25) is 5.02 Å². The Hall–Kier alpha value is -2.92. The summed E-state index contributed by atoms with van der Waals surface area (Å²) in [5.74, 6) is -0.560. The van der Waals surface area contributed by atoms with Crippen molar-refractivity contribution in [3.05, 3.63) is 103 Å². The maximum Gasteiger partial charge on any atom is 0.338 e. The van der Waals surface area contributed by atoms with Gasteiger partial charge in [-0.05, 0) is 24.6 Å². The smallest absolute Gasteiger partial charge is 0.269 e. The van der Waals surface area contributed by atoms with E-state index in [4.69, 9.17) is 11.6 Å². The number of aryl methyl sites for hydroxylation is 1. The maximum absolute atomic E-state index is 12.8. The topological polar surface area (TPSA) is 61.1 Å². The molecule has 0 unspecified atom stereocenters. The third-order valence-corrected chi connectivity index (χ3v) is 4.19. The zero-order chi connectivity index (χ0) is 18.0. The van der Waals surface area contributed by atoms with Crippen molar-refractivity contribution in [2.75, 3.05) is 0 Å². The zero-order valence-corrected chi connectivity index (χ0v) is 14.2. The number of aromatic nitrogens is 2. The molecule has 0 atom stereocenters. The van der Waals surface area contributed by atoms with Crippen LogP contribution in [-0.4, -0.2) is 15.0 Å². The Morgan fingerprint density at radius 1 is 1.00 bits per heavy atom. The van der Waals surface area contributed by atoms with E-state index in [1.54, 1.807) is 31.2 Å². The molecule has 0 saturated carbocycles. The summed E-state index contributed by atoms with van der Waals surface area (Å²) >= 11 is 6.07. The van der Waals surface area contributed by atoms with Crippen molar-refractivity contribution in [1.29, 1.82) is 0 Å². The summed E-state index contributed by atoms with van der Waals surface area (Å²) in [6, 6.07) is 16.9. The van der Waals surface area contributed by atoms with Gasteiger partial charge in [0, 0.05) is 11.8 Å². The summed E-state index contributed by atoms with van der Waals surface area (Å²) in [7, 11) is 0. The van der Waals surface area contributed by atoms with E-state index in [2.05, 4.69) is 0 Å². The zero-order valence-electron chi connectivity index (χ0n) is 13.5. The fourth-order valence-electron chi connectivity index (χ4n) is 2.60. The number of nitrogens with zero attached hydrogens (tertiary/aromatic N) is 2. The van der Waals surface area contributed by atoms with E-state index in [-0.39, 0.29) is 22.8 Å². The van der Waals surface area contributed by atoms with Gasteiger partial charge in [0.2, 0.25) is 0 Å². The Morgan fingerprint density at radius 3 is 2.32 bits per heavy atom. The van der Waals surface area contributed by atoms with Crippen LogP contribution in [0, 0.1) is 6.92 Å². The molecule has 6 heteroatoms. The Morgan fingerprint density at radius 2 is 1.64 bits per heavy atom. The highest BCUT2D eigenvalue weighted by molar-refractivity contribution is 6.33. The second kappa shape index (κ2) is 6.91. The molecular formula is C19H15ClN2O3. The lowest BCUT2D eigenvalue weighted by molar-refractivity contribution is 0.0950. The largest absolute Gasteiger partial charge is 0.338 e. The maximum atomic E-state index is 12.8. The molecular weight excluding hydrogens is 340 g/mol. The molecule has 0 saturated heterocycles. The van der Waals surface area contributed by atoms with Crippen molar-refractivity contribution in [2.45, 2.75) is 13.5 Å². The predicted octanol–water partition coefficient (Wildman–Crippen LogP) is 2.71. The molecule has 0 fully saturated rings. The van der Waals surface area contributed by atoms with Crippen LogP contribution in [0.1, 0.15) is 21.6 Å². The Bertz CT molecular complexity index is 1050. The van der Waals surface area contributed by atoms with Gasteiger partial charge < -0.3 is 0 Å². The quantitative estimate of drug-likeness (QED) is 0.726. The highest BCUT2D eigenvalue weighted by atomic mass is 35.5. The first-order valence-corrected chi connectivity index (χ1v) is 8.03. The Kier molecular flexibility index (Phi) is 4.67. The monoisotopic (exact) mass is 354 g/mol. The molecule has 2 aromatic carbocycles. The molecule has 0 bridgehead atoms.